The van der Waals surface area contributed by atoms with Crippen LogP contribution in [0.5, 0.6) is 0 Å². The Labute approximate surface area is 203 Å². The van der Waals surface area contributed by atoms with E-state index in [2.05, 4.69) is 53.9 Å². The molecule has 0 saturated heterocycles. The fourth-order valence-corrected chi connectivity index (χ4v) is 5.85. The molecule has 188 valence electrons. The van der Waals surface area contributed by atoms with Gasteiger partial charge in [-0.3, -0.25) is 9.59 Å². The molecule has 0 heterocycles. The first-order valence-corrected chi connectivity index (χ1v) is 15.1. The summed E-state index contributed by atoms with van der Waals surface area (Å²) in [5, 5.41) is 11.7. The van der Waals surface area contributed by atoms with Crippen molar-refractivity contribution in [2.24, 2.45) is 17.3 Å². The van der Waals surface area contributed by atoms with Gasteiger partial charge < -0.3 is 9.53 Å². The molecule has 5 heteroatoms. The quantitative estimate of drug-likeness (QED) is 0.202. The van der Waals surface area contributed by atoms with Gasteiger partial charge in [-0.05, 0) is 62.7 Å². The zero-order chi connectivity index (χ0) is 26.0. The number of Topliss-reactive ketones (excluding diaryl/α,β-unsaturated/α-hetero) is 2. The van der Waals surface area contributed by atoms with E-state index in [4.69, 9.17) is 4.43 Å². The van der Waals surface area contributed by atoms with Crippen LogP contribution in [0.3, 0.4) is 0 Å². The van der Waals surface area contributed by atoms with Crippen molar-refractivity contribution < 1.29 is 19.1 Å². The third kappa shape index (κ3) is 6.86. The molecule has 1 fully saturated rings. The fraction of sp³-hybridized carbons (Fsp3) is 0.714. The number of rotatable bonds is 11. The van der Waals surface area contributed by atoms with Crippen molar-refractivity contribution in [2.75, 3.05) is 0 Å². The molecule has 0 aliphatic heterocycles. The maximum Gasteiger partial charge on any atom is 0.192 e. The summed E-state index contributed by atoms with van der Waals surface area (Å²) < 4.78 is 6.80. The lowest BCUT2D eigenvalue weighted by molar-refractivity contribution is -0.136. The summed E-state index contributed by atoms with van der Waals surface area (Å²) in [6, 6.07) is 0. The molecule has 0 aromatic heterocycles. The Balaban J connectivity index is 3.30. The lowest BCUT2D eigenvalue weighted by Gasteiger charge is -2.41. The maximum absolute atomic E-state index is 13.1. The average molecular weight is 477 g/mol. The minimum atomic E-state index is -2.14. The number of hydrogen-bond donors (Lipinski definition) is 1. The van der Waals surface area contributed by atoms with Gasteiger partial charge in [-0.1, -0.05) is 65.8 Å². The lowest BCUT2D eigenvalue weighted by Crippen LogP contribution is -2.49. The molecular formula is C28H48O4Si. The third-order valence-electron chi connectivity index (χ3n) is 7.74. The number of allylic oxidation sites excluding steroid dienone is 2. The van der Waals surface area contributed by atoms with E-state index in [1.807, 2.05) is 26.8 Å². The highest BCUT2D eigenvalue weighted by Gasteiger charge is 2.57. The Kier molecular flexibility index (Phi) is 9.49. The van der Waals surface area contributed by atoms with E-state index in [1.165, 1.54) is 0 Å². The Morgan fingerprint density at radius 1 is 1.15 bits per heavy atom. The van der Waals surface area contributed by atoms with Gasteiger partial charge >= 0.3 is 0 Å². The smallest absolute Gasteiger partial charge is 0.192 e. The summed E-state index contributed by atoms with van der Waals surface area (Å²) in [5.41, 5.74) is -0.621. The van der Waals surface area contributed by atoms with E-state index in [9.17, 15) is 14.7 Å². The summed E-state index contributed by atoms with van der Waals surface area (Å²) in [6.07, 6.45) is 5.52. The Hall–Kier alpha value is -1.30. The first kappa shape index (κ1) is 29.7. The highest BCUT2D eigenvalue weighted by atomic mass is 28.4. The topological polar surface area (TPSA) is 63.6 Å². The first-order valence-electron chi connectivity index (χ1n) is 12.2. The van der Waals surface area contributed by atoms with Gasteiger partial charge in [0.2, 0.25) is 0 Å². The van der Waals surface area contributed by atoms with Gasteiger partial charge in [-0.15, -0.1) is 6.58 Å². The largest absolute Gasteiger partial charge is 0.413 e. The number of ketones is 2. The molecule has 4 atom stereocenters. The van der Waals surface area contributed by atoms with Crippen LogP contribution in [-0.4, -0.2) is 36.7 Å². The van der Waals surface area contributed by atoms with E-state index in [0.29, 0.717) is 31.3 Å². The summed E-state index contributed by atoms with van der Waals surface area (Å²) >= 11 is 0. The molecule has 0 bridgehead atoms. The average Bonchev–Trinajstić information content (AvgIpc) is 2.88. The second-order valence-corrected chi connectivity index (χ2v) is 17.2. The third-order valence-corrected chi connectivity index (χ3v) is 12.2. The van der Waals surface area contributed by atoms with E-state index >= 15 is 0 Å². The van der Waals surface area contributed by atoms with Crippen molar-refractivity contribution in [3.05, 3.63) is 36.5 Å². The summed E-state index contributed by atoms with van der Waals surface area (Å²) in [4.78, 5) is 25.8. The van der Waals surface area contributed by atoms with Crippen LogP contribution in [0.15, 0.2) is 36.5 Å². The number of carbonyl (C=O) groups excluding carboxylic acids is 2. The Morgan fingerprint density at radius 3 is 2.15 bits per heavy atom. The van der Waals surface area contributed by atoms with Crippen LogP contribution in [0.4, 0.5) is 0 Å². The SMILES string of the molecule is C=CCC(C)(C)C(=O)CC/C(C)=C/[C@H]1[C@H](O[Si](C)(C)C(C)(C)C)[C@@H](C)C[C@]1(O)C(=O)C(=C)C. The zero-order valence-corrected chi connectivity index (χ0v) is 23.8. The van der Waals surface area contributed by atoms with Crippen molar-refractivity contribution in [1.82, 2.24) is 0 Å². The second kappa shape index (κ2) is 10.5. The van der Waals surface area contributed by atoms with E-state index < -0.39 is 25.3 Å². The highest BCUT2D eigenvalue weighted by molar-refractivity contribution is 6.74. The minimum Gasteiger partial charge on any atom is -0.413 e. The van der Waals surface area contributed by atoms with Crippen LogP contribution >= 0.6 is 0 Å². The molecule has 1 aliphatic carbocycles. The van der Waals surface area contributed by atoms with Crippen molar-refractivity contribution in [1.29, 1.82) is 0 Å². The molecule has 33 heavy (non-hydrogen) atoms. The number of carbonyl (C=O) groups is 2. The van der Waals surface area contributed by atoms with E-state index in [1.54, 1.807) is 13.0 Å². The van der Waals surface area contributed by atoms with Crippen LogP contribution in [0, 0.1) is 17.3 Å². The number of hydrogen-bond acceptors (Lipinski definition) is 4. The van der Waals surface area contributed by atoms with Crippen LogP contribution in [-0.2, 0) is 14.0 Å². The van der Waals surface area contributed by atoms with Gasteiger partial charge in [0.05, 0.1) is 6.10 Å². The Bertz CT molecular complexity index is 799. The minimum absolute atomic E-state index is 0.0122. The van der Waals surface area contributed by atoms with Crippen LogP contribution in [0.2, 0.25) is 18.1 Å². The summed E-state index contributed by atoms with van der Waals surface area (Å²) in [6.45, 7) is 28.1. The predicted octanol–water partition coefficient (Wildman–Crippen LogP) is 6.81. The van der Waals surface area contributed by atoms with Crippen molar-refractivity contribution in [2.45, 2.75) is 111 Å². The molecule has 0 spiro atoms. The molecule has 1 aliphatic rings. The lowest BCUT2D eigenvalue weighted by atomic mass is 9.80. The molecule has 0 aromatic rings. The molecule has 0 aromatic carbocycles. The van der Waals surface area contributed by atoms with Crippen LogP contribution in [0.25, 0.3) is 0 Å². The van der Waals surface area contributed by atoms with E-state index in [0.717, 1.165) is 5.57 Å². The van der Waals surface area contributed by atoms with Crippen LogP contribution < -0.4 is 0 Å². The second-order valence-electron chi connectivity index (χ2n) is 12.4. The van der Waals surface area contributed by atoms with Crippen molar-refractivity contribution in [3.8, 4) is 0 Å². The van der Waals surface area contributed by atoms with Crippen molar-refractivity contribution >= 4 is 19.9 Å². The van der Waals surface area contributed by atoms with Gasteiger partial charge in [-0.2, -0.15) is 0 Å². The Morgan fingerprint density at radius 2 is 1.70 bits per heavy atom. The van der Waals surface area contributed by atoms with Gasteiger partial charge in [0.15, 0.2) is 14.1 Å². The number of aliphatic hydroxyl groups is 1. The maximum atomic E-state index is 13.1. The molecular weight excluding hydrogens is 428 g/mol. The zero-order valence-electron chi connectivity index (χ0n) is 22.8. The predicted molar refractivity (Wildman–Crippen MR) is 141 cm³/mol. The van der Waals surface area contributed by atoms with E-state index in [-0.39, 0.29) is 28.6 Å². The first-order chi connectivity index (χ1) is 14.8. The molecule has 0 radical (unpaired) electrons. The normalized spacial score (nSPS) is 26.9. The summed E-state index contributed by atoms with van der Waals surface area (Å²) in [7, 11) is -2.14. The molecule has 1 saturated carbocycles. The molecule has 1 rings (SSSR count). The standard InChI is InChI=1S/C28H48O4Si/c1-13-16-27(9,10)23(29)15-14-20(4)17-22-24(32-33(11,12)26(6,7)8)21(5)18-28(22,31)25(30)19(2)3/h13,17,21-22,24,31H,1-2,14-16,18H2,3-12H3/b20-17+/t21-,22-,24+,28+/m0/s1. The van der Waals surface area contributed by atoms with Gasteiger partial charge in [0.1, 0.15) is 11.4 Å². The van der Waals surface area contributed by atoms with Crippen molar-refractivity contribution in [3.63, 3.8) is 0 Å². The molecule has 0 unspecified atom stereocenters. The van der Waals surface area contributed by atoms with Gasteiger partial charge in [0.25, 0.3) is 0 Å². The van der Waals surface area contributed by atoms with Gasteiger partial charge in [-0.25, -0.2) is 0 Å². The fourth-order valence-electron chi connectivity index (χ4n) is 4.44. The highest BCUT2D eigenvalue weighted by Crippen LogP contribution is 2.48. The molecule has 0 amide bonds. The summed E-state index contributed by atoms with van der Waals surface area (Å²) in [5.74, 6) is -0.568. The molecule has 4 nitrogen and oxygen atoms in total. The monoisotopic (exact) mass is 476 g/mol. The molecule has 1 N–H and O–H groups in total. The van der Waals surface area contributed by atoms with Crippen LogP contribution in [0.1, 0.15) is 81.1 Å². The van der Waals surface area contributed by atoms with Gasteiger partial charge in [0, 0.05) is 17.8 Å².